The zero-order valence-electron chi connectivity index (χ0n) is 13.6. The van der Waals surface area contributed by atoms with Gasteiger partial charge in [-0.25, -0.2) is 4.79 Å². The molecule has 128 valence electrons. The predicted octanol–water partition coefficient (Wildman–Crippen LogP) is 3.31. The first-order valence-corrected chi connectivity index (χ1v) is 8.76. The van der Waals surface area contributed by atoms with Gasteiger partial charge >= 0.3 is 5.97 Å². The summed E-state index contributed by atoms with van der Waals surface area (Å²) in [4.78, 5) is 25.2. The summed E-state index contributed by atoms with van der Waals surface area (Å²) in [7, 11) is 0. The van der Waals surface area contributed by atoms with Crippen LogP contribution in [0.3, 0.4) is 0 Å². The average molecular weight is 401 g/mol. The van der Waals surface area contributed by atoms with Gasteiger partial charge in [0.2, 0.25) is 5.78 Å². The van der Waals surface area contributed by atoms with Gasteiger partial charge < -0.3 is 4.74 Å². The van der Waals surface area contributed by atoms with Crippen LogP contribution in [0.25, 0.3) is 0 Å². The number of benzene rings is 2. The number of carbonyl (C=O) groups is 2. The normalized spacial score (nSPS) is 19.0. The van der Waals surface area contributed by atoms with E-state index in [1.807, 2.05) is 30.3 Å². The summed E-state index contributed by atoms with van der Waals surface area (Å²) in [6.45, 7) is 2.02. The molecule has 0 fully saturated rings. The molecule has 0 radical (unpaired) electrons. The van der Waals surface area contributed by atoms with E-state index < -0.39 is 17.9 Å². The highest BCUT2D eigenvalue weighted by atomic mass is 79.9. The molecule has 1 aliphatic heterocycles. The Kier molecular flexibility index (Phi) is 5.28. The first-order valence-electron chi connectivity index (χ1n) is 7.96. The van der Waals surface area contributed by atoms with Gasteiger partial charge in [-0.05, 0) is 24.6 Å². The van der Waals surface area contributed by atoms with E-state index in [9.17, 15) is 9.59 Å². The van der Waals surface area contributed by atoms with E-state index in [1.54, 1.807) is 31.2 Å². The first kappa shape index (κ1) is 17.4. The number of hydrogen-bond donors (Lipinski definition) is 1. The van der Waals surface area contributed by atoms with Crippen LogP contribution >= 0.6 is 15.9 Å². The predicted molar refractivity (Wildman–Crippen MR) is 98.6 cm³/mol. The second-order valence-electron chi connectivity index (χ2n) is 5.58. The fourth-order valence-electron chi connectivity index (χ4n) is 2.81. The third-order valence-corrected chi connectivity index (χ3v) is 4.52. The van der Waals surface area contributed by atoms with Gasteiger partial charge in [-0.2, -0.15) is 5.10 Å². The molecule has 0 aliphatic carbocycles. The summed E-state index contributed by atoms with van der Waals surface area (Å²) in [5.41, 5.74) is 4.46. The fraction of sp³-hybridized carbons (Fsp3) is 0.211. The lowest BCUT2D eigenvalue weighted by atomic mass is 9.85. The second-order valence-corrected chi connectivity index (χ2v) is 6.50. The lowest BCUT2D eigenvalue weighted by Crippen LogP contribution is -2.38. The average Bonchev–Trinajstić information content (AvgIpc) is 3.08. The highest BCUT2D eigenvalue weighted by molar-refractivity contribution is 9.10. The zero-order chi connectivity index (χ0) is 17.8. The van der Waals surface area contributed by atoms with E-state index in [0.29, 0.717) is 11.3 Å². The van der Waals surface area contributed by atoms with Crippen molar-refractivity contribution < 1.29 is 14.3 Å². The number of nitrogens with one attached hydrogen (secondary N) is 1. The highest BCUT2D eigenvalue weighted by Crippen LogP contribution is 2.29. The van der Waals surface area contributed by atoms with E-state index >= 15 is 0 Å². The van der Waals surface area contributed by atoms with Gasteiger partial charge in [-0.15, -0.1) is 0 Å². The van der Waals surface area contributed by atoms with Crippen molar-refractivity contribution in [2.24, 2.45) is 5.10 Å². The molecular formula is C19H17BrN2O3. The summed E-state index contributed by atoms with van der Waals surface area (Å²) in [6.07, 6.45) is 0. The van der Waals surface area contributed by atoms with Crippen LogP contribution in [0.2, 0.25) is 0 Å². The van der Waals surface area contributed by atoms with Crippen molar-refractivity contribution in [3.63, 3.8) is 0 Å². The fourth-order valence-corrected chi connectivity index (χ4v) is 3.08. The molecule has 0 spiro atoms. The SMILES string of the molecule is CCOC(=O)C1NN=C(C(=O)c2ccccc2)C1c1ccc(Br)cc1. The van der Waals surface area contributed by atoms with Crippen molar-refractivity contribution in [3.8, 4) is 0 Å². The first-order chi connectivity index (χ1) is 12.1. The molecular weight excluding hydrogens is 384 g/mol. The molecule has 6 heteroatoms. The van der Waals surface area contributed by atoms with Crippen LogP contribution in [0.1, 0.15) is 28.8 Å². The van der Waals surface area contributed by atoms with Gasteiger partial charge in [0.25, 0.3) is 0 Å². The molecule has 25 heavy (non-hydrogen) atoms. The summed E-state index contributed by atoms with van der Waals surface area (Å²) >= 11 is 3.40. The van der Waals surface area contributed by atoms with Crippen molar-refractivity contribution in [1.82, 2.24) is 5.43 Å². The van der Waals surface area contributed by atoms with Crippen LogP contribution in [0, 0.1) is 0 Å². The summed E-state index contributed by atoms with van der Waals surface area (Å²) in [5, 5.41) is 4.18. The van der Waals surface area contributed by atoms with E-state index in [0.717, 1.165) is 10.0 Å². The Bertz CT molecular complexity index is 803. The van der Waals surface area contributed by atoms with Gasteiger partial charge in [0, 0.05) is 10.0 Å². The van der Waals surface area contributed by atoms with E-state index in [1.165, 1.54) is 0 Å². The number of hydrogen-bond acceptors (Lipinski definition) is 5. The molecule has 0 aromatic heterocycles. The maximum absolute atomic E-state index is 12.9. The number of carbonyl (C=O) groups excluding carboxylic acids is 2. The molecule has 2 aromatic rings. The molecule has 1 heterocycles. The number of halogens is 1. The number of ether oxygens (including phenoxy) is 1. The number of ketones is 1. The molecule has 2 atom stereocenters. The van der Waals surface area contributed by atoms with Crippen molar-refractivity contribution in [2.75, 3.05) is 6.61 Å². The molecule has 0 saturated carbocycles. The number of Topliss-reactive ketones (excluding diaryl/α,β-unsaturated/α-hetero) is 1. The van der Waals surface area contributed by atoms with Crippen molar-refractivity contribution in [1.29, 1.82) is 0 Å². The number of hydrazone groups is 1. The van der Waals surface area contributed by atoms with Crippen LogP contribution in [0.15, 0.2) is 64.2 Å². The summed E-state index contributed by atoms with van der Waals surface area (Å²) in [5.74, 6) is -1.12. The quantitative estimate of drug-likeness (QED) is 0.617. The maximum atomic E-state index is 12.9. The topological polar surface area (TPSA) is 67.8 Å². The minimum absolute atomic E-state index is 0.201. The second kappa shape index (κ2) is 7.61. The van der Waals surface area contributed by atoms with E-state index in [4.69, 9.17) is 4.74 Å². The Labute approximate surface area is 154 Å². The number of rotatable bonds is 5. The molecule has 3 rings (SSSR count). The maximum Gasteiger partial charge on any atom is 0.331 e. The number of nitrogens with zero attached hydrogens (tertiary/aromatic N) is 1. The lowest BCUT2D eigenvalue weighted by Gasteiger charge is -2.19. The summed E-state index contributed by atoms with van der Waals surface area (Å²) in [6, 6.07) is 15.7. The van der Waals surface area contributed by atoms with Crippen LogP contribution in [-0.4, -0.2) is 30.1 Å². The van der Waals surface area contributed by atoms with E-state index in [2.05, 4.69) is 26.5 Å². The van der Waals surface area contributed by atoms with E-state index in [-0.39, 0.29) is 12.4 Å². The Hall–Kier alpha value is -2.47. The molecule has 1 N–H and O–H groups in total. The standard InChI is InChI=1S/C19H17BrN2O3/c1-2-25-19(24)17-15(12-8-10-14(20)11-9-12)16(21-22-17)18(23)13-6-4-3-5-7-13/h3-11,15,17,22H,2H2,1H3. The molecule has 5 nitrogen and oxygen atoms in total. The van der Waals surface area contributed by atoms with Crippen LogP contribution in [0.5, 0.6) is 0 Å². The Balaban J connectivity index is 1.97. The third kappa shape index (κ3) is 3.64. The Morgan fingerprint density at radius 1 is 1.12 bits per heavy atom. The third-order valence-electron chi connectivity index (χ3n) is 3.99. The molecule has 0 saturated heterocycles. The van der Waals surface area contributed by atoms with Gasteiger partial charge in [-0.1, -0.05) is 58.4 Å². The lowest BCUT2D eigenvalue weighted by molar-refractivity contribution is -0.145. The minimum atomic E-state index is -0.719. The zero-order valence-corrected chi connectivity index (χ0v) is 15.2. The molecule has 1 aliphatic rings. The molecule has 0 bridgehead atoms. The highest BCUT2D eigenvalue weighted by Gasteiger charge is 2.41. The smallest absolute Gasteiger partial charge is 0.331 e. The largest absolute Gasteiger partial charge is 0.464 e. The minimum Gasteiger partial charge on any atom is -0.464 e. The Morgan fingerprint density at radius 3 is 2.44 bits per heavy atom. The molecule has 2 unspecified atom stereocenters. The van der Waals surface area contributed by atoms with Crippen LogP contribution in [0.4, 0.5) is 0 Å². The van der Waals surface area contributed by atoms with Crippen molar-refractivity contribution in [2.45, 2.75) is 18.9 Å². The number of esters is 1. The summed E-state index contributed by atoms with van der Waals surface area (Å²) < 4.78 is 6.06. The molecule has 0 amide bonds. The van der Waals surface area contributed by atoms with Gasteiger partial charge in [0.1, 0.15) is 5.71 Å². The van der Waals surface area contributed by atoms with Crippen LogP contribution in [-0.2, 0) is 9.53 Å². The monoisotopic (exact) mass is 400 g/mol. The van der Waals surface area contributed by atoms with Crippen molar-refractivity contribution >= 4 is 33.4 Å². The molecule has 2 aromatic carbocycles. The van der Waals surface area contributed by atoms with Crippen LogP contribution < -0.4 is 5.43 Å². The van der Waals surface area contributed by atoms with Gasteiger partial charge in [0.05, 0.1) is 12.5 Å². The van der Waals surface area contributed by atoms with Gasteiger partial charge in [0.15, 0.2) is 6.04 Å². The van der Waals surface area contributed by atoms with Gasteiger partial charge in [-0.3, -0.25) is 10.2 Å². The van der Waals surface area contributed by atoms with Crippen molar-refractivity contribution in [3.05, 3.63) is 70.2 Å². The Morgan fingerprint density at radius 2 is 1.80 bits per heavy atom.